The lowest BCUT2D eigenvalue weighted by Gasteiger charge is -1.96. The molecule has 0 aromatic heterocycles. The molecule has 0 saturated carbocycles. The summed E-state index contributed by atoms with van der Waals surface area (Å²) < 4.78 is 0. The summed E-state index contributed by atoms with van der Waals surface area (Å²) in [6.07, 6.45) is -0.954. The van der Waals surface area contributed by atoms with Gasteiger partial charge in [0.1, 0.15) is 6.10 Å². The van der Waals surface area contributed by atoms with E-state index in [-0.39, 0.29) is 25.3 Å². The minimum absolute atomic E-state index is 0. The fourth-order valence-corrected chi connectivity index (χ4v) is 0.0577. The van der Waals surface area contributed by atoms with Crippen LogP contribution in [-0.2, 0) is 0 Å². The Kier molecular flexibility index (Phi) is 26.1. The Labute approximate surface area is 59.9 Å². The third-order valence-corrected chi connectivity index (χ3v) is 0.421. The SMILES string of the molecule is CCO.O.OCC(O)CO. The maximum absolute atomic E-state index is 8.17. The van der Waals surface area contributed by atoms with Crippen molar-refractivity contribution >= 4 is 0 Å². The van der Waals surface area contributed by atoms with Gasteiger partial charge in [-0.25, -0.2) is 0 Å². The van der Waals surface area contributed by atoms with Gasteiger partial charge in [0, 0.05) is 6.61 Å². The monoisotopic (exact) mass is 156 g/mol. The summed E-state index contributed by atoms with van der Waals surface area (Å²) in [5, 5.41) is 31.6. The molecule has 5 nitrogen and oxygen atoms in total. The fraction of sp³-hybridized carbons (Fsp3) is 1.00. The van der Waals surface area contributed by atoms with Crippen molar-refractivity contribution in [3.8, 4) is 0 Å². The molecule has 5 heteroatoms. The first-order chi connectivity index (χ1) is 4.22. The van der Waals surface area contributed by atoms with Crippen LogP contribution in [0, 0.1) is 0 Å². The average molecular weight is 156 g/mol. The number of aliphatic hydroxyl groups excluding tert-OH is 4. The van der Waals surface area contributed by atoms with E-state index in [2.05, 4.69) is 0 Å². The minimum Gasteiger partial charge on any atom is -0.412 e. The van der Waals surface area contributed by atoms with Gasteiger partial charge >= 0.3 is 0 Å². The largest absolute Gasteiger partial charge is 0.412 e. The van der Waals surface area contributed by atoms with Crippen LogP contribution >= 0.6 is 0 Å². The number of hydrogen-bond acceptors (Lipinski definition) is 4. The predicted molar refractivity (Wildman–Crippen MR) is 36.6 cm³/mol. The van der Waals surface area contributed by atoms with Crippen LogP contribution in [0.15, 0.2) is 0 Å². The fourth-order valence-electron chi connectivity index (χ4n) is 0.0577. The van der Waals surface area contributed by atoms with Gasteiger partial charge in [0.25, 0.3) is 0 Å². The Morgan fingerprint density at radius 3 is 1.30 bits per heavy atom. The molecule has 0 rings (SSSR count). The molecule has 0 aromatic rings. The van der Waals surface area contributed by atoms with Gasteiger partial charge in [0.2, 0.25) is 0 Å². The number of aliphatic hydroxyl groups is 4. The van der Waals surface area contributed by atoms with Gasteiger partial charge in [-0.3, -0.25) is 0 Å². The molecule has 66 valence electrons. The molecule has 0 unspecified atom stereocenters. The van der Waals surface area contributed by atoms with E-state index in [1.54, 1.807) is 6.92 Å². The molecule has 0 fully saturated rings. The molecule has 0 aliphatic heterocycles. The molecule has 0 saturated heterocycles. The molecule has 0 aliphatic carbocycles. The zero-order valence-electron chi connectivity index (χ0n) is 5.99. The molecule has 10 heavy (non-hydrogen) atoms. The molecule has 0 atom stereocenters. The second-order valence-corrected chi connectivity index (χ2v) is 1.34. The molecule has 0 bridgehead atoms. The Bertz CT molecular complexity index is 37.0. The van der Waals surface area contributed by atoms with E-state index in [1.165, 1.54) is 0 Å². The van der Waals surface area contributed by atoms with Gasteiger partial charge in [0.05, 0.1) is 13.2 Å². The molecule has 0 aromatic carbocycles. The molecule has 0 radical (unpaired) electrons. The van der Waals surface area contributed by atoms with Crippen molar-refractivity contribution in [1.82, 2.24) is 0 Å². The van der Waals surface area contributed by atoms with Crippen molar-refractivity contribution in [3.05, 3.63) is 0 Å². The van der Waals surface area contributed by atoms with Crippen molar-refractivity contribution in [2.24, 2.45) is 0 Å². The van der Waals surface area contributed by atoms with Crippen LogP contribution in [-0.4, -0.2) is 51.8 Å². The summed E-state index contributed by atoms with van der Waals surface area (Å²) in [7, 11) is 0. The lowest BCUT2D eigenvalue weighted by molar-refractivity contribution is 0.0450. The first-order valence-electron chi connectivity index (χ1n) is 2.73. The van der Waals surface area contributed by atoms with Crippen LogP contribution < -0.4 is 0 Å². The Morgan fingerprint density at radius 1 is 1.10 bits per heavy atom. The van der Waals surface area contributed by atoms with Crippen LogP contribution in [0.4, 0.5) is 0 Å². The minimum atomic E-state index is -0.954. The van der Waals surface area contributed by atoms with Crippen molar-refractivity contribution in [2.45, 2.75) is 13.0 Å². The topological polar surface area (TPSA) is 112 Å². The van der Waals surface area contributed by atoms with Gasteiger partial charge in [-0.2, -0.15) is 0 Å². The molecule has 0 spiro atoms. The third kappa shape index (κ3) is 25.0. The Morgan fingerprint density at radius 2 is 1.30 bits per heavy atom. The number of hydrogen-bond donors (Lipinski definition) is 4. The maximum atomic E-state index is 8.17. The van der Waals surface area contributed by atoms with E-state index in [1.807, 2.05) is 0 Å². The molecule has 6 N–H and O–H groups in total. The summed E-state index contributed by atoms with van der Waals surface area (Å²) in [6.45, 7) is 1.20. The van der Waals surface area contributed by atoms with Crippen molar-refractivity contribution < 1.29 is 25.9 Å². The zero-order chi connectivity index (χ0) is 7.70. The maximum Gasteiger partial charge on any atom is 0.100 e. The van der Waals surface area contributed by atoms with Crippen molar-refractivity contribution in [3.63, 3.8) is 0 Å². The zero-order valence-corrected chi connectivity index (χ0v) is 5.99. The molecular formula is C5H16O5. The molecular weight excluding hydrogens is 140 g/mol. The first-order valence-corrected chi connectivity index (χ1v) is 2.73. The summed E-state index contributed by atoms with van der Waals surface area (Å²) >= 11 is 0. The average Bonchev–Trinajstić information content (AvgIpc) is 1.88. The van der Waals surface area contributed by atoms with Crippen LogP contribution in [0.25, 0.3) is 0 Å². The Hall–Kier alpha value is -0.200. The van der Waals surface area contributed by atoms with Crippen molar-refractivity contribution in [2.75, 3.05) is 19.8 Å². The van der Waals surface area contributed by atoms with E-state index in [0.29, 0.717) is 0 Å². The lowest BCUT2D eigenvalue weighted by Crippen LogP contribution is -2.15. The van der Waals surface area contributed by atoms with Crippen LogP contribution in [0.2, 0.25) is 0 Å². The van der Waals surface area contributed by atoms with Crippen molar-refractivity contribution in [1.29, 1.82) is 0 Å². The van der Waals surface area contributed by atoms with E-state index >= 15 is 0 Å². The standard InChI is InChI=1S/C3H8O3.C2H6O.H2O/c4-1-3(6)2-5;1-2-3;/h3-6H,1-2H2;3H,2H2,1H3;1H2. The molecule has 0 heterocycles. The lowest BCUT2D eigenvalue weighted by atomic mass is 10.4. The summed E-state index contributed by atoms with van der Waals surface area (Å²) in [6, 6.07) is 0. The summed E-state index contributed by atoms with van der Waals surface area (Å²) in [4.78, 5) is 0. The van der Waals surface area contributed by atoms with Gasteiger partial charge in [-0.1, -0.05) is 0 Å². The molecule has 0 amide bonds. The van der Waals surface area contributed by atoms with Gasteiger partial charge in [-0.05, 0) is 6.92 Å². The normalized spacial score (nSPS) is 7.80. The van der Waals surface area contributed by atoms with Crippen LogP contribution in [0.5, 0.6) is 0 Å². The summed E-state index contributed by atoms with van der Waals surface area (Å²) in [5.41, 5.74) is 0. The quantitative estimate of drug-likeness (QED) is 0.354. The highest BCUT2D eigenvalue weighted by molar-refractivity contribution is 4.43. The molecule has 0 aliphatic rings. The Balaban J connectivity index is -0.000000107. The highest BCUT2D eigenvalue weighted by Crippen LogP contribution is 1.71. The summed E-state index contributed by atoms with van der Waals surface area (Å²) in [5.74, 6) is 0. The second kappa shape index (κ2) is 15.9. The highest BCUT2D eigenvalue weighted by Gasteiger charge is 1.93. The van der Waals surface area contributed by atoms with E-state index in [0.717, 1.165) is 0 Å². The van der Waals surface area contributed by atoms with E-state index < -0.39 is 6.10 Å². The highest BCUT2D eigenvalue weighted by atomic mass is 16.3. The van der Waals surface area contributed by atoms with Crippen LogP contribution in [0.3, 0.4) is 0 Å². The van der Waals surface area contributed by atoms with E-state index in [9.17, 15) is 0 Å². The predicted octanol–water partition coefficient (Wildman–Crippen LogP) is -2.49. The second-order valence-electron chi connectivity index (χ2n) is 1.34. The smallest absolute Gasteiger partial charge is 0.100 e. The third-order valence-electron chi connectivity index (χ3n) is 0.421. The first kappa shape index (κ1) is 16.4. The van der Waals surface area contributed by atoms with Gasteiger partial charge < -0.3 is 25.9 Å². The van der Waals surface area contributed by atoms with E-state index in [4.69, 9.17) is 20.4 Å². The number of rotatable bonds is 2. The van der Waals surface area contributed by atoms with Crippen LogP contribution in [0.1, 0.15) is 6.92 Å². The van der Waals surface area contributed by atoms with Gasteiger partial charge in [-0.15, -0.1) is 0 Å². The van der Waals surface area contributed by atoms with Gasteiger partial charge in [0.15, 0.2) is 0 Å².